The van der Waals surface area contributed by atoms with Crippen molar-refractivity contribution in [1.29, 1.82) is 0 Å². The van der Waals surface area contributed by atoms with Gasteiger partial charge in [-0.3, -0.25) is 0 Å². The molecule has 0 amide bonds. The average molecular weight is 199 g/mol. The fraction of sp³-hybridized carbons (Fsp3) is 0.636. The lowest BCUT2D eigenvalue weighted by Gasteiger charge is -2.25. The second-order valence-corrected chi connectivity index (χ2v) is 4.42. The fourth-order valence-electron chi connectivity index (χ4n) is 2.31. The molecule has 1 aliphatic carbocycles. The van der Waals surface area contributed by atoms with E-state index in [9.17, 15) is 0 Å². The third-order valence-electron chi connectivity index (χ3n) is 3.11. The molecule has 1 fully saturated rings. The monoisotopic (exact) mass is 198 g/mol. The van der Waals surface area contributed by atoms with Crippen LogP contribution in [0.2, 0.25) is 0 Å². The van der Waals surface area contributed by atoms with Gasteiger partial charge in [0.1, 0.15) is 0 Å². The first-order valence-corrected chi connectivity index (χ1v) is 5.45. The number of hydrogen-bond acceptors (Lipinski definition) is 1. The van der Waals surface area contributed by atoms with Gasteiger partial charge in [0.25, 0.3) is 0 Å². The maximum atomic E-state index is 6.05. The minimum absolute atomic E-state index is 0.366. The summed E-state index contributed by atoms with van der Waals surface area (Å²) >= 11 is 6.05. The molecule has 1 aromatic rings. The topological polar surface area (TPSA) is 13.1 Å². The summed E-state index contributed by atoms with van der Waals surface area (Å²) in [5.41, 5.74) is 1.66. The largest absolute Gasteiger partial charge is 0.472 e. The molecule has 1 saturated carbocycles. The van der Waals surface area contributed by atoms with Crippen LogP contribution in [0.3, 0.4) is 0 Å². The minimum Gasteiger partial charge on any atom is -0.472 e. The van der Waals surface area contributed by atoms with Gasteiger partial charge in [0.2, 0.25) is 0 Å². The first-order chi connectivity index (χ1) is 6.35. The minimum atomic E-state index is 0.366. The predicted octanol–water partition coefficient (Wildman–Crippen LogP) is 3.62. The van der Waals surface area contributed by atoms with E-state index in [4.69, 9.17) is 16.0 Å². The van der Waals surface area contributed by atoms with Gasteiger partial charge in [0.15, 0.2) is 0 Å². The Morgan fingerprint density at radius 2 is 2.15 bits per heavy atom. The van der Waals surface area contributed by atoms with Crippen molar-refractivity contribution >= 4 is 11.6 Å². The summed E-state index contributed by atoms with van der Waals surface area (Å²) in [7, 11) is 0. The van der Waals surface area contributed by atoms with Gasteiger partial charge in [0, 0.05) is 5.88 Å². The third kappa shape index (κ3) is 1.91. The molecule has 0 aromatic carbocycles. The SMILES string of the molecule is ClCC1(Cc2ccoc2)CCCC1. The summed E-state index contributed by atoms with van der Waals surface area (Å²) in [5.74, 6) is 0.790. The van der Waals surface area contributed by atoms with E-state index in [2.05, 4.69) is 0 Å². The summed E-state index contributed by atoms with van der Waals surface area (Å²) in [6.07, 6.45) is 9.91. The second-order valence-electron chi connectivity index (χ2n) is 4.15. The van der Waals surface area contributed by atoms with Crippen molar-refractivity contribution in [2.75, 3.05) is 5.88 Å². The molecule has 0 N–H and O–H groups in total. The molecular formula is C11H15ClO. The van der Waals surface area contributed by atoms with Crippen molar-refractivity contribution in [3.05, 3.63) is 24.2 Å². The summed E-state index contributed by atoms with van der Waals surface area (Å²) in [5, 5.41) is 0. The Balaban J connectivity index is 2.06. The van der Waals surface area contributed by atoms with Gasteiger partial charge in [-0.25, -0.2) is 0 Å². The van der Waals surface area contributed by atoms with E-state index in [1.54, 1.807) is 6.26 Å². The van der Waals surface area contributed by atoms with E-state index in [0.717, 1.165) is 12.3 Å². The lowest BCUT2D eigenvalue weighted by Crippen LogP contribution is -2.21. The number of halogens is 1. The van der Waals surface area contributed by atoms with E-state index in [-0.39, 0.29) is 0 Å². The quantitative estimate of drug-likeness (QED) is 0.677. The molecule has 2 heteroatoms. The van der Waals surface area contributed by atoms with Gasteiger partial charge in [-0.2, -0.15) is 0 Å². The van der Waals surface area contributed by atoms with Gasteiger partial charge >= 0.3 is 0 Å². The average Bonchev–Trinajstić information content (AvgIpc) is 2.77. The van der Waals surface area contributed by atoms with Crippen LogP contribution in [0.1, 0.15) is 31.2 Å². The molecule has 0 unspecified atom stereocenters. The summed E-state index contributed by atoms with van der Waals surface area (Å²) in [4.78, 5) is 0. The van der Waals surface area contributed by atoms with Crippen LogP contribution in [0.15, 0.2) is 23.0 Å². The van der Waals surface area contributed by atoms with E-state index >= 15 is 0 Å². The molecule has 0 spiro atoms. The van der Waals surface area contributed by atoms with Crippen LogP contribution < -0.4 is 0 Å². The lowest BCUT2D eigenvalue weighted by atomic mass is 9.83. The molecule has 1 aromatic heterocycles. The highest BCUT2D eigenvalue weighted by Gasteiger charge is 2.33. The van der Waals surface area contributed by atoms with Crippen LogP contribution in [-0.4, -0.2) is 5.88 Å². The Hall–Kier alpha value is -0.430. The van der Waals surface area contributed by atoms with Crippen LogP contribution in [0, 0.1) is 5.41 Å². The zero-order valence-corrected chi connectivity index (χ0v) is 8.52. The molecule has 0 saturated heterocycles. The number of furan rings is 1. The van der Waals surface area contributed by atoms with Crippen molar-refractivity contribution in [3.8, 4) is 0 Å². The van der Waals surface area contributed by atoms with Crippen molar-refractivity contribution in [2.24, 2.45) is 5.41 Å². The van der Waals surface area contributed by atoms with Crippen molar-refractivity contribution in [3.63, 3.8) is 0 Å². The van der Waals surface area contributed by atoms with Crippen molar-refractivity contribution in [1.82, 2.24) is 0 Å². The predicted molar refractivity (Wildman–Crippen MR) is 54.0 cm³/mol. The molecule has 1 heterocycles. The molecule has 0 atom stereocenters. The van der Waals surface area contributed by atoms with Gasteiger partial charge < -0.3 is 4.42 Å². The lowest BCUT2D eigenvalue weighted by molar-refractivity contribution is 0.339. The molecule has 0 radical (unpaired) electrons. The summed E-state index contributed by atoms with van der Waals surface area (Å²) < 4.78 is 5.07. The Labute approximate surface area is 84.1 Å². The molecule has 0 aliphatic heterocycles. The zero-order valence-electron chi connectivity index (χ0n) is 7.76. The van der Waals surface area contributed by atoms with E-state index in [1.807, 2.05) is 12.3 Å². The van der Waals surface area contributed by atoms with Crippen LogP contribution >= 0.6 is 11.6 Å². The van der Waals surface area contributed by atoms with Gasteiger partial charge in [0.05, 0.1) is 12.5 Å². The number of rotatable bonds is 3. The van der Waals surface area contributed by atoms with Gasteiger partial charge in [-0.05, 0) is 36.3 Å². The van der Waals surface area contributed by atoms with Crippen LogP contribution in [-0.2, 0) is 6.42 Å². The number of hydrogen-bond donors (Lipinski definition) is 0. The maximum Gasteiger partial charge on any atom is 0.0934 e. The number of alkyl halides is 1. The molecule has 1 nitrogen and oxygen atoms in total. The highest BCUT2D eigenvalue weighted by molar-refractivity contribution is 6.18. The zero-order chi connectivity index (χ0) is 9.15. The van der Waals surface area contributed by atoms with Crippen molar-refractivity contribution in [2.45, 2.75) is 32.1 Å². The first-order valence-electron chi connectivity index (χ1n) is 4.92. The molecule has 72 valence electrons. The van der Waals surface area contributed by atoms with E-state index < -0.39 is 0 Å². The normalized spacial score (nSPS) is 20.7. The molecule has 13 heavy (non-hydrogen) atoms. The molecule has 2 rings (SSSR count). The molecule has 0 bridgehead atoms. The van der Waals surface area contributed by atoms with Crippen molar-refractivity contribution < 1.29 is 4.42 Å². The highest BCUT2D eigenvalue weighted by Crippen LogP contribution is 2.41. The van der Waals surface area contributed by atoms with Crippen LogP contribution in [0.5, 0.6) is 0 Å². The summed E-state index contributed by atoms with van der Waals surface area (Å²) in [6.45, 7) is 0. The summed E-state index contributed by atoms with van der Waals surface area (Å²) in [6, 6.07) is 2.05. The smallest absolute Gasteiger partial charge is 0.0934 e. The molecule has 1 aliphatic rings. The Morgan fingerprint density at radius 1 is 1.38 bits per heavy atom. The highest BCUT2D eigenvalue weighted by atomic mass is 35.5. The maximum absolute atomic E-state index is 6.05. The fourth-order valence-corrected chi connectivity index (χ4v) is 2.67. The Kier molecular flexibility index (Phi) is 2.63. The van der Waals surface area contributed by atoms with E-state index in [1.165, 1.54) is 31.2 Å². The first kappa shape index (κ1) is 9.14. The standard InChI is InChI=1S/C11H15ClO/c12-9-11(4-1-2-5-11)7-10-3-6-13-8-10/h3,6,8H,1-2,4-5,7,9H2. The van der Waals surface area contributed by atoms with Gasteiger partial charge in [-0.15, -0.1) is 11.6 Å². The van der Waals surface area contributed by atoms with Gasteiger partial charge in [-0.1, -0.05) is 12.8 Å². The molecular weight excluding hydrogens is 184 g/mol. The third-order valence-corrected chi connectivity index (χ3v) is 3.67. The Morgan fingerprint density at radius 3 is 2.69 bits per heavy atom. The van der Waals surface area contributed by atoms with E-state index in [0.29, 0.717) is 5.41 Å². The van der Waals surface area contributed by atoms with Crippen LogP contribution in [0.25, 0.3) is 0 Å². The van der Waals surface area contributed by atoms with Crippen LogP contribution in [0.4, 0.5) is 0 Å². The second kappa shape index (κ2) is 3.75. The Bertz CT molecular complexity index is 247.